The van der Waals surface area contributed by atoms with E-state index in [-0.39, 0.29) is 11.4 Å². The summed E-state index contributed by atoms with van der Waals surface area (Å²) in [6.45, 7) is 4.08. The molecular weight excluding hydrogens is 392 g/mol. The first-order valence-corrected chi connectivity index (χ1v) is 9.80. The van der Waals surface area contributed by atoms with Crippen molar-refractivity contribution < 1.29 is 4.79 Å². The Morgan fingerprint density at radius 3 is 2.45 bits per heavy atom. The fraction of sp³-hybridized carbons (Fsp3) is 0.316. The normalized spacial score (nSPS) is 12.1. The zero-order valence-electron chi connectivity index (χ0n) is 16.6. The highest BCUT2D eigenvalue weighted by Gasteiger charge is 2.27. The molecule has 1 atom stereocenters. The summed E-state index contributed by atoms with van der Waals surface area (Å²) in [5.74, 6) is 0.113. The van der Waals surface area contributed by atoms with E-state index in [0.29, 0.717) is 17.5 Å². The van der Waals surface area contributed by atoms with E-state index in [1.54, 1.807) is 6.92 Å². The van der Waals surface area contributed by atoms with Gasteiger partial charge in [0.1, 0.15) is 17.2 Å². The van der Waals surface area contributed by atoms with E-state index in [2.05, 4.69) is 10.2 Å². The number of Topliss-reactive ketones (excluding diaryl/α,β-unsaturated/α-hetero) is 1. The number of hydrogen-bond donors (Lipinski definition) is 1. The van der Waals surface area contributed by atoms with E-state index in [0.717, 1.165) is 14.7 Å². The largest absolute Gasteiger partial charge is 0.384 e. The standard InChI is InChI=1S/C19H22N6O3S/c1-11(15(26)14-16(20)23(3)19(28)24(4)17(14)27)29-18-22-21-12(2)25(18)10-13-8-6-5-7-9-13/h5-9,11H,10,20H2,1-4H3. The molecule has 3 aromatic rings. The lowest BCUT2D eigenvalue weighted by Crippen LogP contribution is -2.42. The molecule has 0 spiro atoms. The molecule has 10 heteroatoms. The summed E-state index contributed by atoms with van der Waals surface area (Å²) in [5.41, 5.74) is 5.51. The van der Waals surface area contributed by atoms with Crippen LogP contribution in [0.4, 0.5) is 5.82 Å². The number of carbonyl (C=O) groups is 1. The monoisotopic (exact) mass is 414 g/mol. The van der Waals surface area contributed by atoms with Gasteiger partial charge in [0.25, 0.3) is 5.56 Å². The van der Waals surface area contributed by atoms with E-state index in [1.807, 2.05) is 41.8 Å². The Bertz CT molecular complexity index is 1180. The zero-order chi connectivity index (χ0) is 21.3. The van der Waals surface area contributed by atoms with Crippen LogP contribution in [-0.2, 0) is 20.6 Å². The Morgan fingerprint density at radius 1 is 1.14 bits per heavy atom. The molecule has 0 radical (unpaired) electrons. The van der Waals surface area contributed by atoms with Gasteiger partial charge in [0.2, 0.25) is 0 Å². The number of aryl methyl sites for hydroxylation is 1. The van der Waals surface area contributed by atoms with Gasteiger partial charge in [0.15, 0.2) is 10.9 Å². The second kappa shape index (κ2) is 8.08. The first-order chi connectivity index (χ1) is 13.7. The number of thioether (sulfide) groups is 1. The van der Waals surface area contributed by atoms with Gasteiger partial charge in [-0.1, -0.05) is 42.1 Å². The van der Waals surface area contributed by atoms with E-state index in [9.17, 15) is 14.4 Å². The van der Waals surface area contributed by atoms with E-state index in [4.69, 9.17) is 5.73 Å². The molecule has 0 amide bonds. The maximum Gasteiger partial charge on any atom is 0.332 e. The Kier molecular flexibility index (Phi) is 5.73. The van der Waals surface area contributed by atoms with Crippen molar-refractivity contribution in [1.29, 1.82) is 0 Å². The van der Waals surface area contributed by atoms with Crippen molar-refractivity contribution in [2.75, 3.05) is 5.73 Å². The van der Waals surface area contributed by atoms with Crippen molar-refractivity contribution >= 4 is 23.4 Å². The van der Waals surface area contributed by atoms with Crippen LogP contribution in [0.5, 0.6) is 0 Å². The minimum Gasteiger partial charge on any atom is -0.384 e. The number of carbonyl (C=O) groups excluding carboxylic acids is 1. The van der Waals surface area contributed by atoms with Crippen LogP contribution in [-0.4, -0.2) is 34.9 Å². The van der Waals surface area contributed by atoms with Gasteiger partial charge in [-0.05, 0) is 19.4 Å². The van der Waals surface area contributed by atoms with Crippen molar-refractivity contribution in [3.05, 3.63) is 68.1 Å². The predicted octanol–water partition coefficient (Wildman–Crippen LogP) is 0.978. The number of nitrogen functional groups attached to an aromatic ring is 1. The summed E-state index contributed by atoms with van der Waals surface area (Å²) in [6.07, 6.45) is 0. The second-order valence-electron chi connectivity index (χ2n) is 6.69. The Balaban J connectivity index is 1.91. The average molecular weight is 414 g/mol. The van der Waals surface area contributed by atoms with Gasteiger partial charge in [-0.25, -0.2) is 4.79 Å². The molecule has 152 valence electrons. The van der Waals surface area contributed by atoms with Crippen molar-refractivity contribution in [3.8, 4) is 0 Å². The third kappa shape index (κ3) is 3.88. The molecular formula is C19H22N6O3S. The molecule has 1 unspecified atom stereocenters. The Morgan fingerprint density at radius 2 is 1.79 bits per heavy atom. The number of nitrogens with zero attached hydrogens (tertiary/aromatic N) is 5. The highest BCUT2D eigenvalue weighted by Crippen LogP contribution is 2.26. The highest BCUT2D eigenvalue weighted by molar-refractivity contribution is 8.00. The second-order valence-corrected chi connectivity index (χ2v) is 8.00. The third-order valence-electron chi connectivity index (χ3n) is 4.69. The number of nitrogens with two attached hydrogens (primary N) is 1. The molecule has 0 aliphatic rings. The Hall–Kier alpha value is -3.14. The molecule has 1 aromatic carbocycles. The summed E-state index contributed by atoms with van der Waals surface area (Å²) in [5, 5.41) is 8.20. The fourth-order valence-electron chi connectivity index (χ4n) is 2.90. The van der Waals surface area contributed by atoms with E-state index >= 15 is 0 Å². The maximum absolute atomic E-state index is 13.0. The highest BCUT2D eigenvalue weighted by atomic mass is 32.2. The van der Waals surface area contributed by atoms with Crippen LogP contribution in [0.2, 0.25) is 0 Å². The number of benzene rings is 1. The van der Waals surface area contributed by atoms with Crippen molar-refractivity contribution in [2.45, 2.75) is 30.8 Å². The molecule has 2 aromatic heterocycles. The van der Waals surface area contributed by atoms with Crippen LogP contribution in [0.3, 0.4) is 0 Å². The van der Waals surface area contributed by atoms with E-state index < -0.39 is 22.3 Å². The minimum absolute atomic E-state index is 0.141. The molecule has 0 saturated carbocycles. The van der Waals surface area contributed by atoms with Gasteiger partial charge in [0, 0.05) is 14.1 Å². The number of rotatable bonds is 6. The van der Waals surface area contributed by atoms with Crippen LogP contribution in [0.25, 0.3) is 0 Å². The lowest BCUT2D eigenvalue weighted by atomic mass is 10.1. The van der Waals surface area contributed by atoms with Crippen LogP contribution in [0, 0.1) is 6.92 Å². The smallest absolute Gasteiger partial charge is 0.332 e. The van der Waals surface area contributed by atoms with Gasteiger partial charge >= 0.3 is 5.69 Å². The summed E-state index contributed by atoms with van der Waals surface area (Å²) in [6, 6.07) is 9.84. The van der Waals surface area contributed by atoms with E-state index in [1.165, 1.54) is 25.9 Å². The first-order valence-electron chi connectivity index (χ1n) is 8.92. The summed E-state index contributed by atoms with van der Waals surface area (Å²) in [4.78, 5) is 37.5. The Labute approximate surface area is 171 Å². The molecule has 2 heterocycles. The topological polar surface area (TPSA) is 118 Å². The summed E-state index contributed by atoms with van der Waals surface area (Å²) < 4.78 is 3.88. The maximum atomic E-state index is 13.0. The van der Waals surface area contributed by atoms with Gasteiger partial charge < -0.3 is 10.3 Å². The number of anilines is 1. The zero-order valence-corrected chi connectivity index (χ0v) is 17.4. The van der Waals surface area contributed by atoms with Crippen LogP contribution in [0.1, 0.15) is 28.7 Å². The van der Waals surface area contributed by atoms with Crippen molar-refractivity contribution in [3.63, 3.8) is 0 Å². The molecule has 0 saturated heterocycles. The quantitative estimate of drug-likeness (QED) is 0.472. The molecule has 29 heavy (non-hydrogen) atoms. The fourth-order valence-corrected chi connectivity index (χ4v) is 3.86. The SMILES string of the molecule is Cc1nnc(SC(C)C(=O)c2c(N)n(C)c(=O)n(C)c2=O)n1Cc1ccccc1. The van der Waals surface area contributed by atoms with Gasteiger partial charge in [-0.3, -0.25) is 18.7 Å². The number of hydrogen-bond acceptors (Lipinski definition) is 7. The number of aromatic nitrogens is 5. The predicted molar refractivity (Wildman–Crippen MR) is 111 cm³/mol. The molecule has 0 bridgehead atoms. The molecule has 2 N–H and O–H groups in total. The lowest BCUT2D eigenvalue weighted by Gasteiger charge is -2.15. The lowest BCUT2D eigenvalue weighted by molar-refractivity contribution is 0.0992. The molecule has 3 rings (SSSR count). The van der Waals surface area contributed by atoms with Gasteiger partial charge in [-0.15, -0.1) is 10.2 Å². The minimum atomic E-state index is -0.704. The van der Waals surface area contributed by atoms with Crippen LogP contribution < -0.4 is 17.0 Å². The molecule has 9 nitrogen and oxygen atoms in total. The van der Waals surface area contributed by atoms with Crippen molar-refractivity contribution in [1.82, 2.24) is 23.9 Å². The molecule has 0 aliphatic heterocycles. The first kappa shape index (κ1) is 20.6. The van der Waals surface area contributed by atoms with Crippen LogP contribution >= 0.6 is 11.8 Å². The molecule has 0 fully saturated rings. The van der Waals surface area contributed by atoms with Crippen molar-refractivity contribution in [2.24, 2.45) is 14.1 Å². The van der Waals surface area contributed by atoms with Gasteiger partial charge in [-0.2, -0.15) is 0 Å². The van der Waals surface area contributed by atoms with Crippen LogP contribution in [0.15, 0.2) is 45.1 Å². The summed E-state index contributed by atoms with van der Waals surface area (Å²) >= 11 is 1.20. The third-order valence-corrected chi connectivity index (χ3v) is 5.77. The average Bonchev–Trinajstić information content (AvgIpc) is 3.05. The molecule has 0 aliphatic carbocycles. The number of ketones is 1. The van der Waals surface area contributed by atoms with Gasteiger partial charge in [0.05, 0.1) is 11.8 Å². The summed E-state index contributed by atoms with van der Waals surface area (Å²) in [7, 11) is 2.74.